The monoisotopic (exact) mass is 274 g/mol. The maximum Gasteiger partial charge on any atom is 0.404 e. The van der Waals surface area contributed by atoms with Crippen molar-refractivity contribution in [3.05, 3.63) is 24.0 Å². The summed E-state index contributed by atoms with van der Waals surface area (Å²) in [5.41, 5.74) is 10.4. The van der Waals surface area contributed by atoms with Crippen LogP contribution in [0.5, 0.6) is 0 Å². The highest BCUT2D eigenvalue weighted by Crippen LogP contribution is 2.11. The molecule has 0 aromatic carbocycles. The van der Waals surface area contributed by atoms with Gasteiger partial charge in [0.2, 0.25) is 10.0 Å². The fraction of sp³-hybridized carbons (Fsp3) is 0.333. The zero-order chi connectivity index (χ0) is 13.6. The number of rotatable bonds is 6. The predicted molar refractivity (Wildman–Crippen MR) is 62.9 cm³/mol. The molecule has 18 heavy (non-hydrogen) atoms. The van der Waals surface area contributed by atoms with Crippen LogP contribution in [0.4, 0.5) is 4.79 Å². The van der Waals surface area contributed by atoms with Gasteiger partial charge in [0.15, 0.2) is 0 Å². The van der Waals surface area contributed by atoms with Crippen molar-refractivity contribution in [1.82, 2.24) is 9.71 Å². The Hall–Kier alpha value is -1.71. The molecule has 100 valence electrons. The van der Waals surface area contributed by atoms with Crippen LogP contribution in [-0.4, -0.2) is 32.6 Å². The van der Waals surface area contributed by atoms with Gasteiger partial charge < -0.3 is 16.2 Å². The molecule has 0 saturated heterocycles. The lowest BCUT2D eigenvalue weighted by Gasteiger charge is -2.09. The molecule has 0 aliphatic rings. The number of nitrogens with zero attached hydrogens (tertiary/aromatic N) is 1. The minimum Gasteiger partial charge on any atom is -0.448 e. The molecule has 9 heteroatoms. The SMILES string of the molecule is NCc1ncccc1S(=O)(=O)NCCOC(N)=O. The van der Waals surface area contributed by atoms with Gasteiger partial charge in [0.1, 0.15) is 11.5 Å². The van der Waals surface area contributed by atoms with Crippen molar-refractivity contribution in [2.75, 3.05) is 13.2 Å². The summed E-state index contributed by atoms with van der Waals surface area (Å²) in [7, 11) is -3.73. The summed E-state index contributed by atoms with van der Waals surface area (Å²) >= 11 is 0. The smallest absolute Gasteiger partial charge is 0.404 e. The molecule has 5 N–H and O–H groups in total. The quantitative estimate of drug-likeness (QED) is 0.564. The Balaban J connectivity index is 2.71. The highest BCUT2D eigenvalue weighted by atomic mass is 32.2. The highest BCUT2D eigenvalue weighted by molar-refractivity contribution is 7.89. The van der Waals surface area contributed by atoms with E-state index in [1.807, 2.05) is 0 Å². The van der Waals surface area contributed by atoms with Gasteiger partial charge >= 0.3 is 6.09 Å². The third-order valence-electron chi connectivity index (χ3n) is 1.97. The summed E-state index contributed by atoms with van der Waals surface area (Å²) in [5, 5.41) is 0. The first-order valence-electron chi connectivity index (χ1n) is 5.03. The summed E-state index contributed by atoms with van der Waals surface area (Å²) < 4.78 is 30.4. The number of hydrogen-bond acceptors (Lipinski definition) is 6. The molecule has 0 atom stereocenters. The van der Waals surface area contributed by atoms with Gasteiger partial charge in [-0.3, -0.25) is 4.98 Å². The minimum atomic E-state index is -3.73. The summed E-state index contributed by atoms with van der Waals surface area (Å²) in [6, 6.07) is 2.89. The number of primary amides is 1. The van der Waals surface area contributed by atoms with Crippen molar-refractivity contribution in [3.63, 3.8) is 0 Å². The average Bonchev–Trinajstić information content (AvgIpc) is 2.34. The normalized spacial score (nSPS) is 11.2. The van der Waals surface area contributed by atoms with Crippen LogP contribution in [0.15, 0.2) is 23.2 Å². The number of pyridine rings is 1. The Morgan fingerprint density at radius 2 is 2.22 bits per heavy atom. The molecular weight excluding hydrogens is 260 g/mol. The maximum atomic E-state index is 11.9. The van der Waals surface area contributed by atoms with E-state index >= 15 is 0 Å². The lowest BCUT2D eigenvalue weighted by atomic mass is 10.3. The van der Waals surface area contributed by atoms with Crippen LogP contribution < -0.4 is 16.2 Å². The number of nitrogens with two attached hydrogens (primary N) is 2. The number of amides is 1. The molecule has 0 aliphatic carbocycles. The number of aromatic nitrogens is 1. The van der Waals surface area contributed by atoms with E-state index in [-0.39, 0.29) is 30.3 Å². The van der Waals surface area contributed by atoms with Crippen LogP contribution in [0.1, 0.15) is 5.69 Å². The van der Waals surface area contributed by atoms with Gasteiger partial charge in [-0.1, -0.05) is 0 Å². The number of carbonyl (C=O) groups excluding carboxylic acids is 1. The van der Waals surface area contributed by atoms with Gasteiger partial charge in [0.25, 0.3) is 0 Å². The van der Waals surface area contributed by atoms with Crippen LogP contribution >= 0.6 is 0 Å². The first-order valence-corrected chi connectivity index (χ1v) is 6.51. The van der Waals surface area contributed by atoms with E-state index in [0.29, 0.717) is 0 Å². The summed E-state index contributed by atoms with van der Waals surface area (Å²) in [6.45, 7) is -0.216. The first kappa shape index (κ1) is 14.4. The third-order valence-corrected chi connectivity index (χ3v) is 3.50. The predicted octanol–water partition coefficient (Wildman–Crippen LogP) is -1.09. The maximum absolute atomic E-state index is 11.9. The number of ether oxygens (including phenoxy) is 1. The van der Waals surface area contributed by atoms with Gasteiger partial charge in [0.05, 0.1) is 5.69 Å². The van der Waals surface area contributed by atoms with E-state index in [0.717, 1.165) is 0 Å². The molecule has 0 fully saturated rings. The van der Waals surface area contributed by atoms with Crippen molar-refractivity contribution in [2.24, 2.45) is 11.5 Å². The second kappa shape index (κ2) is 6.28. The van der Waals surface area contributed by atoms with Crippen molar-refractivity contribution in [1.29, 1.82) is 0 Å². The number of nitrogens with one attached hydrogen (secondary N) is 1. The van der Waals surface area contributed by atoms with Crippen molar-refractivity contribution in [2.45, 2.75) is 11.4 Å². The fourth-order valence-electron chi connectivity index (χ4n) is 1.23. The lowest BCUT2D eigenvalue weighted by molar-refractivity contribution is 0.159. The first-order chi connectivity index (χ1) is 8.47. The van der Waals surface area contributed by atoms with E-state index in [9.17, 15) is 13.2 Å². The molecule has 1 aromatic heterocycles. The van der Waals surface area contributed by atoms with Crippen LogP contribution in [0.25, 0.3) is 0 Å². The van der Waals surface area contributed by atoms with Gasteiger partial charge in [0, 0.05) is 19.3 Å². The Morgan fingerprint density at radius 3 is 2.83 bits per heavy atom. The van der Waals surface area contributed by atoms with Crippen LogP contribution in [0.3, 0.4) is 0 Å². The van der Waals surface area contributed by atoms with Crippen LogP contribution in [0.2, 0.25) is 0 Å². The third kappa shape index (κ3) is 3.95. The largest absolute Gasteiger partial charge is 0.448 e. The Labute approximate surface area is 104 Å². The molecule has 0 radical (unpaired) electrons. The van der Waals surface area contributed by atoms with Gasteiger partial charge in [-0.05, 0) is 12.1 Å². The molecule has 1 aromatic rings. The van der Waals surface area contributed by atoms with E-state index in [1.165, 1.54) is 18.3 Å². The molecule has 8 nitrogen and oxygen atoms in total. The van der Waals surface area contributed by atoms with Gasteiger partial charge in [-0.2, -0.15) is 0 Å². The molecular formula is C9H14N4O4S. The van der Waals surface area contributed by atoms with Gasteiger partial charge in [-0.25, -0.2) is 17.9 Å². The van der Waals surface area contributed by atoms with E-state index < -0.39 is 16.1 Å². The summed E-state index contributed by atoms with van der Waals surface area (Å²) in [6.07, 6.45) is 0.496. The summed E-state index contributed by atoms with van der Waals surface area (Å²) in [4.78, 5) is 14.2. The standard InChI is InChI=1S/C9H14N4O4S/c10-6-7-8(2-1-3-12-7)18(15,16)13-4-5-17-9(11)14/h1-3,13H,4-6,10H2,(H2,11,14). The fourth-order valence-corrected chi connectivity index (χ4v) is 2.44. The topological polar surface area (TPSA) is 137 Å². The van der Waals surface area contributed by atoms with Crippen molar-refractivity contribution >= 4 is 16.1 Å². The molecule has 0 bridgehead atoms. The average molecular weight is 274 g/mol. The van der Waals surface area contributed by atoms with Gasteiger partial charge in [-0.15, -0.1) is 0 Å². The van der Waals surface area contributed by atoms with Crippen molar-refractivity contribution in [3.8, 4) is 0 Å². The number of carbonyl (C=O) groups is 1. The second-order valence-electron chi connectivity index (χ2n) is 3.22. The van der Waals surface area contributed by atoms with Crippen LogP contribution in [0, 0.1) is 0 Å². The Morgan fingerprint density at radius 1 is 1.50 bits per heavy atom. The van der Waals surface area contributed by atoms with E-state index in [2.05, 4.69) is 14.4 Å². The molecule has 0 unspecified atom stereocenters. The summed E-state index contributed by atoms with van der Waals surface area (Å²) in [5.74, 6) is 0. The van der Waals surface area contributed by atoms with E-state index in [1.54, 1.807) is 0 Å². The van der Waals surface area contributed by atoms with Crippen molar-refractivity contribution < 1.29 is 17.9 Å². The molecule has 1 rings (SSSR count). The molecule has 0 spiro atoms. The zero-order valence-electron chi connectivity index (χ0n) is 9.50. The second-order valence-corrected chi connectivity index (χ2v) is 4.95. The minimum absolute atomic E-state index is 0.00609. The zero-order valence-corrected chi connectivity index (χ0v) is 10.3. The number of hydrogen-bond donors (Lipinski definition) is 3. The van der Waals surface area contributed by atoms with E-state index in [4.69, 9.17) is 11.5 Å². The number of sulfonamides is 1. The molecule has 1 amide bonds. The van der Waals surface area contributed by atoms with Crippen LogP contribution in [-0.2, 0) is 21.3 Å². The Kier molecular flexibility index (Phi) is 5.01. The molecule has 0 saturated carbocycles. The Bertz CT molecular complexity index is 517. The molecule has 1 heterocycles. The highest BCUT2D eigenvalue weighted by Gasteiger charge is 2.17. The lowest BCUT2D eigenvalue weighted by Crippen LogP contribution is -2.30. The molecule has 0 aliphatic heterocycles.